The van der Waals surface area contributed by atoms with Crippen molar-refractivity contribution in [3.05, 3.63) is 18.0 Å². The predicted molar refractivity (Wildman–Crippen MR) is 67.6 cm³/mol. The van der Waals surface area contributed by atoms with Crippen LogP contribution >= 0.6 is 0 Å². The lowest BCUT2D eigenvalue weighted by Gasteiger charge is -2.17. The van der Waals surface area contributed by atoms with Crippen molar-refractivity contribution in [3.63, 3.8) is 0 Å². The van der Waals surface area contributed by atoms with E-state index in [2.05, 4.69) is 10.3 Å². The number of aliphatic hydroxyl groups excluding tert-OH is 1. The summed E-state index contributed by atoms with van der Waals surface area (Å²) >= 11 is 0. The number of aliphatic hydroxyl groups is 1. The van der Waals surface area contributed by atoms with E-state index in [1.54, 1.807) is 0 Å². The van der Waals surface area contributed by atoms with Crippen molar-refractivity contribution < 1.29 is 18.3 Å². The Kier molecular flexibility index (Phi) is 5.41. The van der Waals surface area contributed by atoms with Crippen molar-refractivity contribution in [2.24, 2.45) is 5.92 Å². The number of nitrogens with one attached hydrogen (secondary N) is 1. The Bertz CT molecular complexity index is 410. The number of rotatable bonds is 6. The molecule has 0 saturated heterocycles. The largest absolute Gasteiger partial charge is 0.433 e. The molecule has 7 heteroatoms. The lowest BCUT2D eigenvalue weighted by molar-refractivity contribution is -0.141. The third-order valence-corrected chi connectivity index (χ3v) is 2.92. The number of pyridine rings is 1. The van der Waals surface area contributed by atoms with Crippen LogP contribution in [0.15, 0.2) is 12.3 Å². The van der Waals surface area contributed by atoms with E-state index in [0.29, 0.717) is 13.0 Å². The third-order valence-electron chi connectivity index (χ3n) is 2.92. The zero-order valence-corrected chi connectivity index (χ0v) is 10.7. The molecule has 1 heterocycles. The Hall–Kier alpha value is -1.50. The molecule has 1 atom stereocenters. The fourth-order valence-corrected chi connectivity index (χ4v) is 1.66. The quantitative estimate of drug-likeness (QED) is 0.747. The molecule has 1 rings (SSSR count). The van der Waals surface area contributed by atoms with Gasteiger partial charge in [0, 0.05) is 13.2 Å². The second-order valence-electron chi connectivity index (χ2n) is 4.32. The summed E-state index contributed by atoms with van der Waals surface area (Å²) in [6.07, 6.45) is -2.07. The van der Waals surface area contributed by atoms with E-state index in [1.807, 2.05) is 6.92 Å². The van der Waals surface area contributed by atoms with Crippen molar-refractivity contribution in [1.82, 2.24) is 4.98 Å². The number of alkyl halides is 3. The number of aromatic nitrogens is 1. The summed E-state index contributed by atoms with van der Waals surface area (Å²) in [7, 11) is 0. The first kappa shape index (κ1) is 15.6. The summed E-state index contributed by atoms with van der Waals surface area (Å²) < 4.78 is 37.6. The van der Waals surface area contributed by atoms with Crippen molar-refractivity contribution in [3.8, 4) is 0 Å². The highest BCUT2D eigenvalue weighted by molar-refractivity contribution is 5.65. The number of nitrogens with zero attached hydrogens (tertiary/aromatic N) is 1. The number of halogens is 3. The Balaban J connectivity index is 2.77. The molecule has 19 heavy (non-hydrogen) atoms. The Morgan fingerprint density at radius 3 is 2.68 bits per heavy atom. The maximum atomic E-state index is 12.5. The molecule has 108 valence electrons. The van der Waals surface area contributed by atoms with Crippen LogP contribution in [-0.4, -0.2) is 23.2 Å². The summed E-state index contributed by atoms with van der Waals surface area (Å²) in [5.74, 6) is 0.187. The van der Waals surface area contributed by atoms with E-state index >= 15 is 0 Å². The highest BCUT2D eigenvalue weighted by Crippen LogP contribution is 2.31. The van der Waals surface area contributed by atoms with E-state index in [0.717, 1.165) is 18.7 Å². The summed E-state index contributed by atoms with van der Waals surface area (Å²) in [6, 6.07) is 0.904. The lowest BCUT2D eigenvalue weighted by Crippen LogP contribution is -2.17. The van der Waals surface area contributed by atoms with Gasteiger partial charge in [-0.05, 0) is 18.4 Å². The first-order chi connectivity index (χ1) is 8.88. The van der Waals surface area contributed by atoms with Crippen LogP contribution in [0.2, 0.25) is 0 Å². The van der Waals surface area contributed by atoms with Gasteiger partial charge in [0.05, 0.1) is 17.6 Å². The van der Waals surface area contributed by atoms with Crippen molar-refractivity contribution in [1.29, 1.82) is 0 Å². The van der Waals surface area contributed by atoms with Crippen LogP contribution < -0.4 is 11.1 Å². The molecule has 0 fully saturated rings. The smallest absolute Gasteiger partial charge is 0.396 e. The number of nitrogen functional groups attached to an aromatic ring is 1. The Labute approximate surface area is 109 Å². The number of anilines is 2. The van der Waals surface area contributed by atoms with Gasteiger partial charge in [0.2, 0.25) is 0 Å². The first-order valence-electron chi connectivity index (χ1n) is 6.06. The van der Waals surface area contributed by atoms with E-state index in [1.165, 1.54) is 0 Å². The van der Waals surface area contributed by atoms with Gasteiger partial charge in [0.1, 0.15) is 5.69 Å². The third kappa shape index (κ3) is 4.59. The van der Waals surface area contributed by atoms with Crippen LogP contribution in [0, 0.1) is 5.92 Å². The summed E-state index contributed by atoms with van der Waals surface area (Å²) in [5, 5.41) is 11.7. The van der Waals surface area contributed by atoms with Gasteiger partial charge >= 0.3 is 6.18 Å². The molecule has 4 N–H and O–H groups in total. The number of hydrogen-bond acceptors (Lipinski definition) is 4. The monoisotopic (exact) mass is 277 g/mol. The molecule has 0 spiro atoms. The topological polar surface area (TPSA) is 71.2 Å². The van der Waals surface area contributed by atoms with Crippen LogP contribution in [-0.2, 0) is 6.18 Å². The second-order valence-corrected chi connectivity index (χ2v) is 4.32. The molecular formula is C12H18F3N3O. The molecule has 1 aromatic heterocycles. The summed E-state index contributed by atoms with van der Waals surface area (Å²) in [5.41, 5.74) is 5.01. The van der Waals surface area contributed by atoms with Gasteiger partial charge in [-0.15, -0.1) is 0 Å². The molecule has 0 bridgehead atoms. The molecular weight excluding hydrogens is 259 g/mol. The molecule has 1 unspecified atom stereocenters. The fourth-order valence-electron chi connectivity index (χ4n) is 1.66. The normalized spacial score (nSPS) is 13.3. The highest BCUT2D eigenvalue weighted by atomic mass is 19.4. The van der Waals surface area contributed by atoms with Crippen LogP contribution in [0.4, 0.5) is 24.5 Å². The number of nitrogens with two attached hydrogens (primary N) is 1. The minimum Gasteiger partial charge on any atom is -0.396 e. The van der Waals surface area contributed by atoms with Gasteiger partial charge in [-0.1, -0.05) is 13.3 Å². The maximum absolute atomic E-state index is 12.5. The second kappa shape index (κ2) is 6.60. The van der Waals surface area contributed by atoms with Crippen LogP contribution in [0.5, 0.6) is 0 Å². The van der Waals surface area contributed by atoms with E-state index in [4.69, 9.17) is 10.8 Å². The molecule has 0 aliphatic rings. The van der Waals surface area contributed by atoms with Crippen LogP contribution in [0.3, 0.4) is 0 Å². The predicted octanol–water partition coefficient (Wildman–Crippen LogP) is 2.50. The summed E-state index contributed by atoms with van der Waals surface area (Å²) in [6.45, 7) is 2.47. The Morgan fingerprint density at radius 1 is 1.47 bits per heavy atom. The van der Waals surface area contributed by atoms with Gasteiger partial charge in [0.15, 0.2) is 0 Å². The van der Waals surface area contributed by atoms with Crippen LogP contribution in [0.1, 0.15) is 25.5 Å². The Morgan fingerprint density at radius 2 is 2.16 bits per heavy atom. The maximum Gasteiger partial charge on any atom is 0.433 e. The van der Waals surface area contributed by atoms with Crippen molar-refractivity contribution in [2.75, 3.05) is 24.2 Å². The molecule has 1 aromatic rings. The van der Waals surface area contributed by atoms with E-state index in [9.17, 15) is 13.2 Å². The van der Waals surface area contributed by atoms with Gasteiger partial charge < -0.3 is 16.2 Å². The van der Waals surface area contributed by atoms with Gasteiger partial charge in [-0.3, -0.25) is 0 Å². The average Bonchev–Trinajstić information content (AvgIpc) is 2.34. The first-order valence-corrected chi connectivity index (χ1v) is 6.06. The van der Waals surface area contributed by atoms with Crippen LogP contribution in [0.25, 0.3) is 0 Å². The SMILES string of the molecule is CCC(CCO)CNc1cc(C(F)(F)F)ncc1N. The molecule has 0 aliphatic heterocycles. The average molecular weight is 277 g/mol. The van der Waals surface area contributed by atoms with E-state index in [-0.39, 0.29) is 23.9 Å². The minimum absolute atomic E-state index is 0.0554. The standard InChI is InChI=1S/C12H18F3N3O/c1-2-8(3-4-19)6-17-10-5-11(12(13,14)15)18-7-9(10)16/h5,7-8,19H,2-4,6,16H2,1H3,(H,17,18). The molecule has 0 saturated carbocycles. The van der Waals surface area contributed by atoms with Crippen molar-refractivity contribution >= 4 is 11.4 Å². The minimum atomic E-state index is -4.49. The molecule has 4 nitrogen and oxygen atoms in total. The molecule has 0 aliphatic carbocycles. The van der Waals surface area contributed by atoms with Gasteiger partial charge in [-0.2, -0.15) is 13.2 Å². The molecule has 0 amide bonds. The fraction of sp³-hybridized carbons (Fsp3) is 0.583. The van der Waals surface area contributed by atoms with E-state index < -0.39 is 11.9 Å². The zero-order valence-electron chi connectivity index (χ0n) is 10.7. The number of hydrogen-bond donors (Lipinski definition) is 3. The molecule has 0 radical (unpaired) electrons. The highest BCUT2D eigenvalue weighted by Gasteiger charge is 2.32. The lowest BCUT2D eigenvalue weighted by atomic mass is 10.0. The molecule has 0 aromatic carbocycles. The van der Waals surface area contributed by atoms with Crippen molar-refractivity contribution in [2.45, 2.75) is 25.9 Å². The van der Waals surface area contributed by atoms with Gasteiger partial charge in [-0.25, -0.2) is 4.98 Å². The zero-order chi connectivity index (χ0) is 14.5. The van der Waals surface area contributed by atoms with Gasteiger partial charge in [0.25, 0.3) is 0 Å². The summed E-state index contributed by atoms with van der Waals surface area (Å²) in [4.78, 5) is 3.26.